The monoisotopic (exact) mass is 305 g/mol. The van der Waals surface area contributed by atoms with Crippen molar-refractivity contribution in [1.82, 2.24) is 5.32 Å². The number of Topliss-reactive ketones (excluding diaryl/α,β-unsaturated/α-hetero) is 1. The molecule has 2 aromatic rings. The molecule has 1 N–H and O–H groups in total. The maximum absolute atomic E-state index is 12.7. The summed E-state index contributed by atoms with van der Waals surface area (Å²) < 4.78 is 0. The molecule has 2 aromatic carbocycles. The number of fused-ring (bicyclic) bond motifs is 1. The number of amides is 1. The Kier molecular flexibility index (Phi) is 4.38. The van der Waals surface area contributed by atoms with Gasteiger partial charge in [0.2, 0.25) is 0 Å². The third-order valence-electron chi connectivity index (χ3n) is 4.02. The zero-order valence-corrected chi connectivity index (χ0v) is 13.1. The van der Waals surface area contributed by atoms with Gasteiger partial charge in [-0.25, -0.2) is 0 Å². The Morgan fingerprint density at radius 3 is 2.30 bits per heavy atom. The molecule has 0 saturated heterocycles. The van der Waals surface area contributed by atoms with Crippen LogP contribution in [0, 0.1) is 0 Å². The summed E-state index contributed by atoms with van der Waals surface area (Å²) in [4.78, 5) is 25.3. The first-order valence-corrected chi connectivity index (χ1v) is 7.96. The van der Waals surface area contributed by atoms with Crippen LogP contribution in [0.4, 0.5) is 0 Å². The van der Waals surface area contributed by atoms with Crippen molar-refractivity contribution in [2.24, 2.45) is 0 Å². The molecule has 0 heterocycles. The summed E-state index contributed by atoms with van der Waals surface area (Å²) in [6.07, 6.45) is 1.90. The molecule has 1 amide bonds. The molecule has 3 rings (SSSR count). The SMILES string of the molecule is CCCCNC(=O)C1=C(c2ccccc2)c2ccccc2C1=O. The van der Waals surface area contributed by atoms with Crippen molar-refractivity contribution < 1.29 is 9.59 Å². The molecule has 3 heteroatoms. The summed E-state index contributed by atoms with van der Waals surface area (Å²) in [6.45, 7) is 2.65. The first-order valence-electron chi connectivity index (χ1n) is 7.96. The van der Waals surface area contributed by atoms with Crippen molar-refractivity contribution in [3.8, 4) is 0 Å². The van der Waals surface area contributed by atoms with Gasteiger partial charge in [-0.2, -0.15) is 0 Å². The lowest BCUT2D eigenvalue weighted by Crippen LogP contribution is -2.28. The Labute approximate surface area is 136 Å². The summed E-state index contributed by atoms with van der Waals surface area (Å²) in [6, 6.07) is 17.0. The van der Waals surface area contributed by atoms with Crippen molar-refractivity contribution >= 4 is 17.3 Å². The van der Waals surface area contributed by atoms with E-state index in [0.717, 1.165) is 29.5 Å². The molecule has 3 nitrogen and oxygen atoms in total. The highest BCUT2D eigenvalue weighted by Crippen LogP contribution is 2.37. The molecule has 0 unspecified atom stereocenters. The fourth-order valence-corrected chi connectivity index (χ4v) is 2.87. The van der Waals surface area contributed by atoms with Gasteiger partial charge in [0.25, 0.3) is 5.91 Å². The number of hydrogen-bond donors (Lipinski definition) is 1. The number of unbranched alkanes of at least 4 members (excludes halogenated alkanes) is 1. The van der Waals surface area contributed by atoms with Gasteiger partial charge in [-0.3, -0.25) is 9.59 Å². The largest absolute Gasteiger partial charge is 0.352 e. The minimum atomic E-state index is -0.279. The number of benzene rings is 2. The van der Waals surface area contributed by atoms with E-state index in [0.29, 0.717) is 12.1 Å². The Morgan fingerprint density at radius 1 is 0.957 bits per heavy atom. The van der Waals surface area contributed by atoms with Crippen LogP contribution in [0.3, 0.4) is 0 Å². The molecule has 0 fully saturated rings. The molecule has 1 aliphatic carbocycles. The number of rotatable bonds is 5. The van der Waals surface area contributed by atoms with Crippen molar-refractivity contribution in [1.29, 1.82) is 0 Å². The molecule has 1 aliphatic rings. The Hall–Kier alpha value is -2.68. The maximum Gasteiger partial charge on any atom is 0.255 e. The number of carbonyl (C=O) groups excluding carboxylic acids is 2. The van der Waals surface area contributed by atoms with E-state index < -0.39 is 0 Å². The fourth-order valence-electron chi connectivity index (χ4n) is 2.87. The Bertz CT molecular complexity index is 775. The van der Waals surface area contributed by atoms with Gasteiger partial charge in [0.1, 0.15) is 0 Å². The highest BCUT2D eigenvalue weighted by Gasteiger charge is 2.34. The summed E-state index contributed by atoms with van der Waals surface area (Å²) in [5.74, 6) is -0.466. The number of hydrogen-bond acceptors (Lipinski definition) is 2. The van der Waals surface area contributed by atoms with E-state index in [1.54, 1.807) is 6.07 Å². The molecule has 116 valence electrons. The Balaban J connectivity index is 2.08. The van der Waals surface area contributed by atoms with Crippen LogP contribution in [0.15, 0.2) is 60.2 Å². The summed E-state index contributed by atoms with van der Waals surface area (Å²) >= 11 is 0. The molecule has 23 heavy (non-hydrogen) atoms. The average molecular weight is 305 g/mol. The molecule has 0 atom stereocenters. The lowest BCUT2D eigenvalue weighted by atomic mass is 9.97. The minimum Gasteiger partial charge on any atom is -0.352 e. The fraction of sp³-hybridized carbons (Fsp3) is 0.200. The van der Waals surface area contributed by atoms with Gasteiger partial charge in [0.05, 0.1) is 5.57 Å². The highest BCUT2D eigenvalue weighted by molar-refractivity contribution is 6.36. The topological polar surface area (TPSA) is 46.2 Å². The van der Waals surface area contributed by atoms with Crippen LogP contribution in [0.5, 0.6) is 0 Å². The second-order valence-corrected chi connectivity index (χ2v) is 5.60. The van der Waals surface area contributed by atoms with Crippen molar-refractivity contribution in [3.63, 3.8) is 0 Å². The van der Waals surface area contributed by atoms with Crippen LogP contribution in [-0.2, 0) is 4.79 Å². The standard InChI is InChI=1S/C20H19NO2/c1-2-3-13-21-20(23)18-17(14-9-5-4-6-10-14)15-11-7-8-12-16(15)19(18)22/h4-12H,2-3,13H2,1H3,(H,21,23). The van der Waals surface area contributed by atoms with Gasteiger partial charge in [0.15, 0.2) is 5.78 Å². The smallest absolute Gasteiger partial charge is 0.255 e. The molecular formula is C20H19NO2. The van der Waals surface area contributed by atoms with E-state index in [1.165, 1.54) is 0 Å². The highest BCUT2D eigenvalue weighted by atomic mass is 16.2. The molecular weight excluding hydrogens is 286 g/mol. The van der Waals surface area contributed by atoms with E-state index >= 15 is 0 Å². The molecule has 0 saturated carbocycles. The van der Waals surface area contributed by atoms with E-state index in [9.17, 15) is 9.59 Å². The van der Waals surface area contributed by atoms with E-state index in [1.807, 2.05) is 48.5 Å². The predicted octanol–water partition coefficient (Wildman–Crippen LogP) is 3.60. The lowest BCUT2D eigenvalue weighted by Gasteiger charge is -2.08. The third-order valence-corrected chi connectivity index (χ3v) is 4.02. The molecule has 0 spiro atoms. The van der Waals surface area contributed by atoms with Crippen LogP contribution in [0.2, 0.25) is 0 Å². The van der Waals surface area contributed by atoms with Crippen LogP contribution >= 0.6 is 0 Å². The number of ketones is 1. The van der Waals surface area contributed by atoms with Crippen molar-refractivity contribution in [2.45, 2.75) is 19.8 Å². The zero-order valence-electron chi connectivity index (χ0n) is 13.1. The van der Waals surface area contributed by atoms with Crippen molar-refractivity contribution in [2.75, 3.05) is 6.54 Å². The first kappa shape index (κ1) is 15.2. The van der Waals surface area contributed by atoms with Crippen LogP contribution in [0.25, 0.3) is 5.57 Å². The Morgan fingerprint density at radius 2 is 1.61 bits per heavy atom. The molecule has 0 aliphatic heterocycles. The number of carbonyl (C=O) groups is 2. The lowest BCUT2D eigenvalue weighted by molar-refractivity contribution is -0.117. The van der Waals surface area contributed by atoms with Gasteiger partial charge in [-0.1, -0.05) is 67.9 Å². The third kappa shape index (κ3) is 2.82. The summed E-state index contributed by atoms with van der Waals surface area (Å²) in [5.41, 5.74) is 3.33. The van der Waals surface area contributed by atoms with Crippen molar-refractivity contribution in [3.05, 3.63) is 76.9 Å². The molecule has 0 bridgehead atoms. The van der Waals surface area contributed by atoms with Gasteiger partial charge in [-0.15, -0.1) is 0 Å². The zero-order chi connectivity index (χ0) is 16.2. The van der Waals surface area contributed by atoms with Crippen LogP contribution in [-0.4, -0.2) is 18.2 Å². The van der Waals surface area contributed by atoms with E-state index in [4.69, 9.17) is 0 Å². The summed E-state index contributed by atoms with van der Waals surface area (Å²) in [7, 11) is 0. The van der Waals surface area contributed by atoms with Gasteiger partial charge >= 0.3 is 0 Å². The normalized spacial score (nSPS) is 13.2. The second kappa shape index (κ2) is 6.61. The maximum atomic E-state index is 12.7. The minimum absolute atomic E-state index is 0.187. The van der Waals surface area contributed by atoms with E-state index in [-0.39, 0.29) is 17.3 Å². The van der Waals surface area contributed by atoms with Crippen LogP contribution in [0.1, 0.15) is 41.3 Å². The quantitative estimate of drug-likeness (QED) is 0.677. The number of nitrogens with one attached hydrogen (secondary N) is 1. The van der Waals surface area contributed by atoms with Gasteiger partial charge in [-0.05, 0) is 17.5 Å². The van der Waals surface area contributed by atoms with E-state index in [2.05, 4.69) is 12.2 Å². The predicted molar refractivity (Wildman–Crippen MR) is 91.2 cm³/mol. The molecule has 0 radical (unpaired) electrons. The summed E-state index contributed by atoms with van der Waals surface area (Å²) in [5, 5.41) is 2.87. The molecule has 0 aromatic heterocycles. The van der Waals surface area contributed by atoms with Crippen LogP contribution < -0.4 is 5.32 Å². The van der Waals surface area contributed by atoms with Gasteiger partial charge in [0, 0.05) is 17.7 Å². The van der Waals surface area contributed by atoms with Gasteiger partial charge < -0.3 is 5.32 Å². The first-order chi connectivity index (χ1) is 11.2. The second-order valence-electron chi connectivity index (χ2n) is 5.60. The average Bonchev–Trinajstić information content (AvgIpc) is 2.89.